The number of carbonyl (C=O) groups excluding carboxylic acids is 13. The number of aliphatic hydroxyl groups is 2. The number of fused-ring (bicyclic) bond motifs is 2. The summed E-state index contributed by atoms with van der Waals surface area (Å²) < 4.78 is 11.0. The number of carbonyl (C=O) groups is 17. The average molecular weight is 1470 g/mol. The number of carboxylic acids is 4. The van der Waals surface area contributed by atoms with E-state index in [-0.39, 0.29) is 16.7 Å². The van der Waals surface area contributed by atoms with Gasteiger partial charge in [-0.25, -0.2) is 4.79 Å². The summed E-state index contributed by atoms with van der Waals surface area (Å²) in [6, 6.07) is -3.53. The van der Waals surface area contributed by atoms with Crippen molar-refractivity contribution in [1.29, 1.82) is 0 Å². The zero-order valence-electron chi connectivity index (χ0n) is 55.7. The predicted molar refractivity (Wildman–Crippen MR) is 354 cm³/mol. The molecule has 2 aliphatic heterocycles. The molecule has 5 aromatic rings. The second kappa shape index (κ2) is 35.6. The maximum atomic E-state index is 15.3. The number of benzene rings is 3. The van der Waals surface area contributed by atoms with Crippen molar-refractivity contribution in [2.75, 3.05) is 13.2 Å². The number of amides is 12. The third-order valence-electron chi connectivity index (χ3n) is 16.3. The van der Waals surface area contributed by atoms with Gasteiger partial charge in [-0.05, 0) is 61.2 Å². The van der Waals surface area contributed by atoms with Gasteiger partial charge in [0.15, 0.2) is 12.2 Å². The normalized spacial score (nSPS) is 24.3. The Labute approximate surface area is 591 Å². The molecule has 22 N–H and O–H groups in total. The van der Waals surface area contributed by atoms with Crippen LogP contribution in [0.5, 0.6) is 5.75 Å². The number of cyclic esters (lactones) is 1. The highest BCUT2D eigenvalue weighted by Crippen LogP contribution is 2.25. The predicted octanol–water partition coefficient (Wildman–Crippen LogP) is -5.99. The second-order valence-electron chi connectivity index (χ2n) is 24.2. The molecule has 7 rings (SSSR count). The molecule has 0 saturated carbocycles. The van der Waals surface area contributed by atoms with Crippen molar-refractivity contribution in [2.24, 2.45) is 11.7 Å². The Bertz CT molecular complexity index is 4250. The number of rotatable bonds is 20. The Morgan fingerprint density at radius 3 is 1.71 bits per heavy atom. The average Bonchev–Trinajstić information content (AvgIpc) is 1.77. The number of H-pyrrole nitrogens is 2. The van der Waals surface area contributed by atoms with Gasteiger partial charge in [0.2, 0.25) is 65.0 Å². The molecule has 2 aliphatic rings. The summed E-state index contributed by atoms with van der Waals surface area (Å²) >= 11 is 0. The van der Waals surface area contributed by atoms with Gasteiger partial charge in [0.25, 0.3) is 5.91 Å². The number of nitrogens with one attached hydrogen (secondary N) is 13. The van der Waals surface area contributed by atoms with Crippen LogP contribution in [0.2, 0.25) is 0 Å². The molecular formula is C65H74N14O26. The molecule has 0 spiro atoms. The fraction of sp³-hybridized carbons (Fsp3) is 0.369. The van der Waals surface area contributed by atoms with Gasteiger partial charge >= 0.3 is 29.8 Å². The molecule has 0 bridgehead atoms. The van der Waals surface area contributed by atoms with Crippen molar-refractivity contribution in [3.63, 3.8) is 0 Å². The van der Waals surface area contributed by atoms with Gasteiger partial charge in [-0.15, -0.1) is 0 Å². The molecule has 0 radical (unpaired) electrons. The topological polar surface area (TPSA) is 643 Å². The molecule has 2 fully saturated rings. The van der Waals surface area contributed by atoms with Gasteiger partial charge in [0.1, 0.15) is 71.9 Å². The lowest BCUT2D eigenvalue weighted by Crippen LogP contribution is -2.62. The highest BCUT2D eigenvalue weighted by Gasteiger charge is 2.45. The second-order valence-corrected chi connectivity index (χ2v) is 24.2. The lowest BCUT2D eigenvalue weighted by molar-refractivity contribution is -0.150. The van der Waals surface area contributed by atoms with Gasteiger partial charge in [0.05, 0.1) is 44.9 Å². The summed E-state index contributed by atoms with van der Waals surface area (Å²) in [6.45, 7) is 1.07. The van der Waals surface area contributed by atoms with E-state index in [9.17, 15) is 112 Å². The van der Waals surface area contributed by atoms with Crippen LogP contribution in [0.3, 0.4) is 0 Å². The highest BCUT2D eigenvalue weighted by atomic mass is 16.6. The number of primary amides is 1. The number of nitrogens with two attached hydrogens (primary N) is 1. The molecule has 40 heteroatoms. The summed E-state index contributed by atoms with van der Waals surface area (Å²) in [5.74, 6) is -28.6. The van der Waals surface area contributed by atoms with E-state index >= 15 is 4.79 Å². The molecule has 0 aliphatic carbocycles. The first-order valence-electron chi connectivity index (χ1n) is 31.9. The third kappa shape index (κ3) is 21.8. The number of epoxide rings is 1. The number of aromatic nitrogens is 2. The minimum Gasteiger partial charge on any atom is -0.508 e. The molecule has 2 aromatic heterocycles. The number of carboxylic acid groups (broad SMARTS) is 4. The van der Waals surface area contributed by atoms with Crippen LogP contribution in [0.25, 0.3) is 27.9 Å². The largest absolute Gasteiger partial charge is 0.508 e. The number of aliphatic hydroxyl groups excluding tert-OH is 2. The van der Waals surface area contributed by atoms with E-state index in [2.05, 4.69) is 47.2 Å². The van der Waals surface area contributed by atoms with Crippen LogP contribution in [-0.2, 0) is 97.4 Å². The monoisotopic (exact) mass is 1470 g/mol. The number of phenolic OH excluding ortho intramolecular Hbond substituents is 1. The van der Waals surface area contributed by atoms with Gasteiger partial charge < -0.3 is 119 Å². The maximum absolute atomic E-state index is 15.3. The Balaban J connectivity index is 1.39. The molecular weight excluding hydrogens is 1390 g/mol. The number of hydrogen-bond donors (Lipinski definition) is 21. The SMILES string of the molecule is CC1OC1C(=O)N[C@@H](CO)C(=O)N[C@@H]1C(=O)N[C@H](Cc2c[nH]c3ccccc23)C(=O)N[C@@H](CC(=O)O)C(=O)N[C@@H](CC(=O)O)C(=O)N[C@H](c2ccc(O)cc2)C(=O)N[C@@H](CC(=O)O)C(=O)NCC(=O)N[C@H]([C@H](O)C(N)=O)C(=O)N[C@@H]([C@H](C)CC(=O)O)C(=O)N/C(=C/c2c[nH]c3ccccc23)C(=O)O[C@@H]1C. The Morgan fingerprint density at radius 1 is 0.610 bits per heavy atom. The van der Waals surface area contributed by atoms with Crippen molar-refractivity contribution in [3.05, 3.63) is 108 Å². The van der Waals surface area contributed by atoms with Crippen LogP contribution in [0.15, 0.2) is 90.9 Å². The molecule has 2 saturated heterocycles. The van der Waals surface area contributed by atoms with E-state index in [0.717, 1.165) is 44.2 Å². The summed E-state index contributed by atoms with van der Waals surface area (Å²) in [5, 5.41) is 95.8. The van der Waals surface area contributed by atoms with Gasteiger partial charge in [-0.3, -0.25) is 76.7 Å². The van der Waals surface area contributed by atoms with E-state index in [1.165, 1.54) is 19.3 Å². The van der Waals surface area contributed by atoms with E-state index in [4.69, 9.17) is 15.2 Å². The molecule has 105 heavy (non-hydrogen) atoms. The molecule has 14 atom stereocenters. The summed E-state index contributed by atoms with van der Waals surface area (Å²) in [5.41, 5.74) is 5.31. The van der Waals surface area contributed by atoms with Crippen molar-refractivity contribution < 1.29 is 127 Å². The highest BCUT2D eigenvalue weighted by molar-refractivity contribution is 6.05. The van der Waals surface area contributed by atoms with Crippen LogP contribution in [-0.4, -0.2) is 232 Å². The number of para-hydroxylation sites is 2. The van der Waals surface area contributed by atoms with Crippen LogP contribution in [0.4, 0.5) is 0 Å². The lowest BCUT2D eigenvalue weighted by atomic mass is 9.96. The first-order chi connectivity index (χ1) is 49.6. The number of aromatic hydroxyl groups is 1. The number of aliphatic carboxylic acids is 4. The molecule has 4 heterocycles. The number of hydrogen-bond acceptors (Lipinski definition) is 22. The third-order valence-corrected chi connectivity index (χ3v) is 16.3. The van der Waals surface area contributed by atoms with Gasteiger partial charge in [0, 0.05) is 46.2 Å². The van der Waals surface area contributed by atoms with Crippen molar-refractivity contribution in [2.45, 2.75) is 132 Å². The van der Waals surface area contributed by atoms with Gasteiger partial charge in [-0.2, -0.15) is 0 Å². The van der Waals surface area contributed by atoms with Crippen LogP contribution in [0, 0.1) is 5.92 Å². The van der Waals surface area contributed by atoms with E-state index in [0.29, 0.717) is 21.8 Å². The van der Waals surface area contributed by atoms with Crippen LogP contribution < -0.4 is 64.2 Å². The Hall–Kier alpha value is -12.9. The molecule has 40 nitrogen and oxygen atoms in total. The number of esters is 1. The fourth-order valence-corrected chi connectivity index (χ4v) is 10.8. The molecule has 2 unspecified atom stereocenters. The van der Waals surface area contributed by atoms with Crippen molar-refractivity contribution in [3.8, 4) is 5.75 Å². The van der Waals surface area contributed by atoms with E-state index in [1.807, 2.05) is 21.3 Å². The number of phenols is 1. The van der Waals surface area contributed by atoms with Crippen molar-refractivity contribution in [1.82, 2.24) is 68.5 Å². The van der Waals surface area contributed by atoms with E-state index in [1.54, 1.807) is 48.5 Å². The molecule has 12 amide bonds. The lowest BCUT2D eigenvalue weighted by Gasteiger charge is -2.29. The smallest absolute Gasteiger partial charge is 0.355 e. The minimum atomic E-state index is -2.74. The maximum Gasteiger partial charge on any atom is 0.355 e. The molecule has 560 valence electrons. The first kappa shape index (κ1) is 79.5. The van der Waals surface area contributed by atoms with Gasteiger partial charge in [-0.1, -0.05) is 55.5 Å². The number of aromatic amines is 2. The summed E-state index contributed by atoms with van der Waals surface area (Å²) in [4.78, 5) is 240. The summed E-state index contributed by atoms with van der Waals surface area (Å²) in [7, 11) is 0. The Kier molecular flexibility index (Phi) is 27.0. The standard InChI is InChI=1S/C65H74N14O26/c1-26(16-44(83)84)48-60(98)74-41(18-31-23-68-36-11-7-5-9-34(31)36)65(103)105-27(2)49(78-59(97)42(25-80)75-64(102)53-28(3)104-53)61(99)72-37(17-30-22-67-35-10-6-4-8-33(30)35)56(94)70-39(20-46(87)88)57(95)71-40(21-47(89)90)58(96)79-50(29-12-14-32(81)15-13-29)62(100)73-38(19-45(85)86)55(93)69-24-43(82)76-51(63(101)77-48)52(91)54(66)92/h4-15,18,22-23,26-28,37-40,42,48-53,67-68,80-81,91H,16-17,19-21,24-25H2,1-3H3,(H2,66,92)(H,69,93)(H,70,94)(H,71,95)(H,72,99)(H,73,100)(H,74,98)(H,75,102)(H,76,82)(H,77,101)(H,78,97)(H,79,96)(H,83,84)(H,85,86)(H,87,88)(H,89,90)/b41-18+/t26-,27-,28?,37-,38+,39+,40+,42+,48+,49+,50-,51-,52+,53?/m1/s1. The van der Waals surface area contributed by atoms with Crippen molar-refractivity contribution >= 4 is 129 Å². The zero-order valence-corrected chi connectivity index (χ0v) is 55.7. The minimum absolute atomic E-state index is 0.0894. The van der Waals surface area contributed by atoms with Crippen LogP contribution in [0.1, 0.15) is 69.2 Å². The first-order valence-corrected chi connectivity index (χ1v) is 31.9. The summed E-state index contributed by atoms with van der Waals surface area (Å²) in [6.07, 6.45) is -8.55. The fourth-order valence-electron chi connectivity index (χ4n) is 10.8. The molecule has 3 aromatic carbocycles. The quantitative estimate of drug-likeness (QED) is 0.0196. The number of ether oxygens (including phenoxy) is 2. The zero-order chi connectivity index (χ0) is 77.3. The van der Waals surface area contributed by atoms with Crippen LogP contribution >= 0.6 is 0 Å². The Morgan fingerprint density at radius 2 is 1.14 bits per heavy atom. The van der Waals surface area contributed by atoms with E-state index < -0.39 is 242 Å².